The summed E-state index contributed by atoms with van der Waals surface area (Å²) in [6.45, 7) is 9.32. The van der Waals surface area contributed by atoms with Gasteiger partial charge < -0.3 is 10.2 Å². The normalized spacial score (nSPS) is 22.0. The summed E-state index contributed by atoms with van der Waals surface area (Å²) in [6.07, 6.45) is 2.42. The molecule has 4 heterocycles. The van der Waals surface area contributed by atoms with E-state index in [2.05, 4.69) is 15.2 Å². The molecule has 1 unspecified atom stereocenters. The van der Waals surface area contributed by atoms with Crippen LogP contribution < -0.4 is 10.9 Å². The number of nitrogens with zero attached hydrogens (tertiary/aromatic N) is 4. The monoisotopic (exact) mass is 361 g/mol. The standard InChI is InChI=1S/C17H23N5O2S/c1-11-12(2)25-17-19-9-14(16(24)22(11)17)15(23)21-6-3-13(10-21)20-7-4-18-5-8-20/h9,13,18H,3-8,10H2,1-2H3. The van der Waals surface area contributed by atoms with Crippen LogP contribution in [-0.2, 0) is 0 Å². The molecule has 0 saturated carbocycles. The van der Waals surface area contributed by atoms with Crippen molar-refractivity contribution >= 4 is 22.2 Å². The zero-order valence-corrected chi connectivity index (χ0v) is 15.4. The van der Waals surface area contributed by atoms with Crippen LogP contribution in [0.15, 0.2) is 11.0 Å². The summed E-state index contributed by atoms with van der Waals surface area (Å²) in [5, 5.41) is 3.36. The fraction of sp³-hybridized carbons (Fsp3) is 0.588. The van der Waals surface area contributed by atoms with E-state index < -0.39 is 0 Å². The molecule has 4 rings (SSSR count). The van der Waals surface area contributed by atoms with Crippen molar-refractivity contribution in [3.05, 3.63) is 32.7 Å². The third kappa shape index (κ3) is 2.88. The van der Waals surface area contributed by atoms with Gasteiger partial charge in [-0.15, -0.1) is 11.3 Å². The number of thiazole rings is 1. The summed E-state index contributed by atoms with van der Waals surface area (Å²) in [7, 11) is 0. The first-order valence-electron chi connectivity index (χ1n) is 8.78. The van der Waals surface area contributed by atoms with Crippen LogP contribution in [0.25, 0.3) is 4.96 Å². The highest BCUT2D eigenvalue weighted by molar-refractivity contribution is 7.17. The quantitative estimate of drug-likeness (QED) is 0.843. The second-order valence-corrected chi connectivity index (χ2v) is 8.00. The van der Waals surface area contributed by atoms with Gasteiger partial charge in [-0.1, -0.05) is 0 Å². The first-order chi connectivity index (χ1) is 12.1. The number of carbonyl (C=O) groups is 1. The van der Waals surface area contributed by atoms with Gasteiger partial charge in [0.25, 0.3) is 11.5 Å². The number of carbonyl (C=O) groups excluding carboxylic acids is 1. The molecule has 0 aromatic carbocycles. The minimum atomic E-state index is -0.248. The van der Waals surface area contributed by atoms with E-state index in [-0.39, 0.29) is 17.0 Å². The number of nitrogens with one attached hydrogen (secondary N) is 1. The van der Waals surface area contributed by atoms with Crippen LogP contribution in [0.5, 0.6) is 0 Å². The van der Waals surface area contributed by atoms with Crippen molar-refractivity contribution in [3.8, 4) is 0 Å². The van der Waals surface area contributed by atoms with Crippen LogP contribution in [0.3, 0.4) is 0 Å². The largest absolute Gasteiger partial charge is 0.337 e. The van der Waals surface area contributed by atoms with Crippen LogP contribution in [-0.4, -0.2) is 70.4 Å². The Morgan fingerprint density at radius 1 is 1.28 bits per heavy atom. The van der Waals surface area contributed by atoms with Crippen LogP contribution in [0, 0.1) is 13.8 Å². The van der Waals surface area contributed by atoms with Gasteiger partial charge in [-0.2, -0.15) is 0 Å². The second-order valence-electron chi connectivity index (χ2n) is 6.82. The molecule has 2 fully saturated rings. The lowest BCUT2D eigenvalue weighted by atomic mass is 10.2. The fourth-order valence-corrected chi connectivity index (χ4v) is 4.69. The van der Waals surface area contributed by atoms with Gasteiger partial charge in [-0.25, -0.2) is 4.98 Å². The SMILES string of the molecule is Cc1sc2ncc(C(=O)N3CCC(N4CCNCC4)C3)c(=O)n2c1C. The van der Waals surface area contributed by atoms with Crippen molar-refractivity contribution in [2.75, 3.05) is 39.3 Å². The maximum absolute atomic E-state index is 12.9. The Morgan fingerprint density at radius 2 is 2.04 bits per heavy atom. The van der Waals surface area contributed by atoms with E-state index in [4.69, 9.17) is 0 Å². The summed E-state index contributed by atoms with van der Waals surface area (Å²) in [6, 6.07) is 0.399. The summed E-state index contributed by atoms with van der Waals surface area (Å²) in [5.41, 5.74) is 0.800. The molecule has 25 heavy (non-hydrogen) atoms. The second kappa shape index (κ2) is 6.51. The number of aryl methyl sites for hydroxylation is 2. The van der Waals surface area contributed by atoms with Crippen LogP contribution >= 0.6 is 11.3 Å². The minimum Gasteiger partial charge on any atom is -0.337 e. The van der Waals surface area contributed by atoms with Gasteiger partial charge >= 0.3 is 0 Å². The Hall–Kier alpha value is -1.77. The number of fused-ring (bicyclic) bond motifs is 1. The molecule has 2 aliphatic rings. The zero-order chi connectivity index (χ0) is 17.6. The minimum absolute atomic E-state index is 0.180. The third-order valence-corrected chi connectivity index (χ3v) is 6.44. The van der Waals surface area contributed by atoms with Gasteiger partial charge in [0.05, 0.1) is 0 Å². The van der Waals surface area contributed by atoms with Gasteiger partial charge in [-0.3, -0.25) is 18.9 Å². The first kappa shape index (κ1) is 16.7. The predicted octanol–water partition coefficient (Wildman–Crippen LogP) is 0.493. The Labute approximate surface area is 150 Å². The van der Waals surface area contributed by atoms with Crippen LogP contribution in [0.2, 0.25) is 0 Å². The van der Waals surface area contributed by atoms with Gasteiger partial charge in [0.2, 0.25) is 0 Å². The molecule has 7 nitrogen and oxygen atoms in total. The Bertz CT molecular complexity index is 868. The predicted molar refractivity (Wildman–Crippen MR) is 97.6 cm³/mol. The van der Waals surface area contributed by atoms with Crippen LogP contribution in [0.4, 0.5) is 0 Å². The highest BCUT2D eigenvalue weighted by Gasteiger charge is 2.32. The number of hydrogen-bond donors (Lipinski definition) is 1. The van der Waals surface area contributed by atoms with Crippen molar-refractivity contribution in [1.82, 2.24) is 24.5 Å². The van der Waals surface area contributed by atoms with Crippen molar-refractivity contribution < 1.29 is 4.79 Å². The number of rotatable bonds is 2. The van der Waals surface area contributed by atoms with E-state index in [1.165, 1.54) is 17.5 Å². The molecule has 2 aromatic heterocycles. The van der Waals surface area contributed by atoms with Gasteiger partial charge in [0.15, 0.2) is 4.96 Å². The van der Waals surface area contributed by atoms with Crippen molar-refractivity contribution in [1.29, 1.82) is 0 Å². The average molecular weight is 361 g/mol. The van der Waals surface area contributed by atoms with Crippen molar-refractivity contribution in [3.63, 3.8) is 0 Å². The Balaban J connectivity index is 1.57. The summed E-state index contributed by atoms with van der Waals surface area (Å²) in [4.78, 5) is 36.0. The molecular weight excluding hydrogens is 338 g/mol. The van der Waals surface area contributed by atoms with E-state index in [0.717, 1.165) is 43.2 Å². The average Bonchev–Trinajstić information content (AvgIpc) is 3.22. The molecule has 8 heteroatoms. The smallest absolute Gasteiger partial charge is 0.271 e. The lowest BCUT2D eigenvalue weighted by molar-refractivity contribution is 0.0771. The number of hydrogen-bond acceptors (Lipinski definition) is 6. The Kier molecular flexibility index (Phi) is 4.35. The van der Waals surface area contributed by atoms with E-state index in [1.807, 2.05) is 18.7 Å². The van der Waals surface area contributed by atoms with Gasteiger partial charge in [-0.05, 0) is 20.3 Å². The number of aromatic nitrogens is 2. The molecule has 0 spiro atoms. The molecule has 1 amide bonds. The molecule has 2 aliphatic heterocycles. The molecule has 134 valence electrons. The third-order valence-electron chi connectivity index (χ3n) is 5.37. The summed E-state index contributed by atoms with van der Waals surface area (Å²) < 4.78 is 1.57. The summed E-state index contributed by atoms with van der Waals surface area (Å²) in [5.74, 6) is -0.187. The maximum atomic E-state index is 12.9. The first-order valence-corrected chi connectivity index (χ1v) is 9.59. The molecule has 1 atom stereocenters. The highest BCUT2D eigenvalue weighted by atomic mass is 32.1. The molecule has 1 N–H and O–H groups in total. The van der Waals surface area contributed by atoms with Gasteiger partial charge in [0.1, 0.15) is 5.56 Å². The van der Waals surface area contributed by atoms with E-state index in [0.29, 0.717) is 24.1 Å². The maximum Gasteiger partial charge on any atom is 0.271 e. The van der Waals surface area contributed by atoms with E-state index in [9.17, 15) is 9.59 Å². The van der Waals surface area contributed by atoms with Crippen molar-refractivity contribution in [2.45, 2.75) is 26.3 Å². The molecule has 0 aliphatic carbocycles. The van der Waals surface area contributed by atoms with Crippen LogP contribution in [0.1, 0.15) is 27.3 Å². The molecule has 2 aromatic rings. The molecule has 2 saturated heterocycles. The Morgan fingerprint density at radius 3 is 2.80 bits per heavy atom. The fourth-order valence-electron chi connectivity index (χ4n) is 3.76. The number of likely N-dealkylation sites (tertiary alicyclic amines) is 1. The number of amides is 1. The molecular formula is C17H23N5O2S. The molecule has 0 radical (unpaired) electrons. The lowest BCUT2D eigenvalue weighted by Gasteiger charge is -2.32. The zero-order valence-electron chi connectivity index (χ0n) is 14.6. The van der Waals surface area contributed by atoms with Crippen molar-refractivity contribution in [2.24, 2.45) is 0 Å². The highest BCUT2D eigenvalue weighted by Crippen LogP contribution is 2.20. The van der Waals surface area contributed by atoms with E-state index >= 15 is 0 Å². The van der Waals surface area contributed by atoms with E-state index in [1.54, 1.807) is 4.40 Å². The molecule has 0 bridgehead atoms. The number of piperazine rings is 1. The summed E-state index contributed by atoms with van der Waals surface area (Å²) >= 11 is 1.48. The van der Waals surface area contributed by atoms with Gasteiger partial charge in [0, 0.05) is 62.1 Å². The lowest BCUT2D eigenvalue weighted by Crippen LogP contribution is -2.49. The topological polar surface area (TPSA) is 70.0 Å².